The van der Waals surface area contributed by atoms with E-state index in [9.17, 15) is 10.1 Å². The zero-order valence-electron chi connectivity index (χ0n) is 9.92. The number of nitro groups is 1. The number of non-ortho nitro benzene ring substituents is 1. The third kappa shape index (κ3) is 2.84. The Labute approximate surface area is 109 Å². The predicted molar refractivity (Wildman–Crippen MR) is 73.0 cm³/mol. The minimum atomic E-state index is -0.398. The number of hydrogen-bond donors (Lipinski definition) is 1. The average Bonchev–Trinajstić information content (AvgIpc) is 2.85. The van der Waals surface area contributed by atoms with Crippen LogP contribution in [0.15, 0.2) is 30.5 Å². The average molecular weight is 263 g/mol. The number of anilines is 1. The summed E-state index contributed by atoms with van der Waals surface area (Å²) in [7, 11) is 0. The Morgan fingerprint density at radius 1 is 1.39 bits per heavy atom. The molecule has 0 fully saturated rings. The molecule has 0 aliphatic heterocycles. The molecule has 0 spiro atoms. The van der Waals surface area contributed by atoms with E-state index in [0.29, 0.717) is 0 Å². The first-order chi connectivity index (χ1) is 8.70. The topological polar surface area (TPSA) is 68.1 Å². The molecule has 0 bridgehead atoms. The number of benzene rings is 1. The SMILES string of the molecule is CCCNc1ncc(-c2ccc([N+](=O)[O-])cc2)s1. The Bertz CT molecular complexity index is 537. The molecule has 6 heteroatoms. The summed E-state index contributed by atoms with van der Waals surface area (Å²) in [5, 5.41) is 14.6. The lowest BCUT2D eigenvalue weighted by atomic mass is 10.2. The van der Waals surface area contributed by atoms with Crippen molar-refractivity contribution in [1.29, 1.82) is 0 Å². The van der Waals surface area contributed by atoms with Gasteiger partial charge in [0.1, 0.15) is 0 Å². The van der Waals surface area contributed by atoms with Crippen LogP contribution in [0.1, 0.15) is 13.3 Å². The summed E-state index contributed by atoms with van der Waals surface area (Å²) in [6.45, 7) is 2.99. The lowest BCUT2D eigenvalue weighted by Crippen LogP contribution is -1.97. The molecule has 1 heterocycles. The van der Waals surface area contributed by atoms with Crippen LogP contribution in [0.25, 0.3) is 10.4 Å². The fourth-order valence-electron chi connectivity index (χ4n) is 1.47. The van der Waals surface area contributed by atoms with Gasteiger partial charge in [-0.1, -0.05) is 18.3 Å². The standard InChI is InChI=1S/C12H13N3O2S/c1-2-7-13-12-14-8-11(18-12)9-3-5-10(6-4-9)15(16)17/h3-6,8H,2,7H2,1H3,(H,13,14). The molecule has 0 saturated heterocycles. The molecule has 0 radical (unpaired) electrons. The van der Waals surface area contributed by atoms with Crippen LogP contribution < -0.4 is 5.32 Å². The first kappa shape index (κ1) is 12.5. The number of nitrogens with one attached hydrogen (secondary N) is 1. The van der Waals surface area contributed by atoms with Gasteiger partial charge in [0.25, 0.3) is 5.69 Å². The minimum Gasteiger partial charge on any atom is -0.362 e. The molecule has 0 atom stereocenters. The van der Waals surface area contributed by atoms with Gasteiger partial charge in [-0.3, -0.25) is 10.1 Å². The van der Waals surface area contributed by atoms with E-state index < -0.39 is 4.92 Å². The van der Waals surface area contributed by atoms with E-state index in [-0.39, 0.29) is 5.69 Å². The Morgan fingerprint density at radius 3 is 2.72 bits per heavy atom. The molecule has 0 amide bonds. The largest absolute Gasteiger partial charge is 0.362 e. The highest BCUT2D eigenvalue weighted by Crippen LogP contribution is 2.29. The summed E-state index contributed by atoms with van der Waals surface area (Å²) in [6, 6.07) is 6.51. The number of hydrogen-bond acceptors (Lipinski definition) is 5. The van der Waals surface area contributed by atoms with Gasteiger partial charge in [0.2, 0.25) is 0 Å². The quantitative estimate of drug-likeness (QED) is 0.661. The second-order valence-electron chi connectivity index (χ2n) is 3.76. The molecular weight excluding hydrogens is 250 g/mol. The van der Waals surface area contributed by atoms with Crippen molar-refractivity contribution >= 4 is 22.2 Å². The van der Waals surface area contributed by atoms with Gasteiger partial charge in [0, 0.05) is 24.9 Å². The van der Waals surface area contributed by atoms with E-state index in [0.717, 1.165) is 28.5 Å². The first-order valence-corrected chi connectivity index (χ1v) is 6.47. The zero-order chi connectivity index (χ0) is 13.0. The van der Waals surface area contributed by atoms with Gasteiger partial charge in [-0.15, -0.1) is 0 Å². The van der Waals surface area contributed by atoms with Gasteiger partial charge in [0.05, 0.1) is 9.80 Å². The molecule has 1 aromatic carbocycles. The van der Waals surface area contributed by atoms with Crippen LogP contribution in [0.4, 0.5) is 10.8 Å². The molecule has 0 aliphatic carbocycles. The van der Waals surface area contributed by atoms with Crippen molar-refractivity contribution in [3.05, 3.63) is 40.6 Å². The summed E-state index contributed by atoms with van der Waals surface area (Å²) < 4.78 is 0. The molecule has 0 aliphatic rings. The Balaban J connectivity index is 2.15. The number of aromatic nitrogens is 1. The van der Waals surface area contributed by atoms with E-state index in [2.05, 4.69) is 17.2 Å². The first-order valence-electron chi connectivity index (χ1n) is 5.65. The number of nitrogens with zero attached hydrogens (tertiary/aromatic N) is 2. The molecule has 18 heavy (non-hydrogen) atoms. The van der Waals surface area contributed by atoms with Crippen LogP contribution in [0.3, 0.4) is 0 Å². The maximum Gasteiger partial charge on any atom is 0.269 e. The smallest absolute Gasteiger partial charge is 0.269 e. The Hall–Kier alpha value is -1.95. The van der Waals surface area contributed by atoms with Crippen molar-refractivity contribution < 1.29 is 4.92 Å². The normalized spacial score (nSPS) is 10.3. The molecule has 2 aromatic rings. The van der Waals surface area contributed by atoms with Crippen molar-refractivity contribution in [2.45, 2.75) is 13.3 Å². The van der Waals surface area contributed by atoms with Crippen molar-refractivity contribution in [1.82, 2.24) is 4.98 Å². The van der Waals surface area contributed by atoms with E-state index in [1.54, 1.807) is 29.7 Å². The fraction of sp³-hybridized carbons (Fsp3) is 0.250. The molecule has 94 valence electrons. The summed E-state index contributed by atoms with van der Waals surface area (Å²) in [5.41, 5.74) is 1.05. The van der Waals surface area contributed by atoms with Crippen molar-refractivity contribution in [3.8, 4) is 10.4 Å². The van der Waals surface area contributed by atoms with Crippen LogP contribution in [0.2, 0.25) is 0 Å². The van der Waals surface area contributed by atoms with Gasteiger partial charge in [0.15, 0.2) is 5.13 Å². The molecule has 2 rings (SSSR count). The Kier molecular flexibility index (Phi) is 3.88. The van der Waals surface area contributed by atoms with Gasteiger partial charge in [-0.25, -0.2) is 4.98 Å². The maximum atomic E-state index is 10.6. The van der Waals surface area contributed by atoms with Crippen LogP contribution in [-0.2, 0) is 0 Å². The monoisotopic (exact) mass is 263 g/mol. The van der Waals surface area contributed by atoms with E-state index >= 15 is 0 Å². The zero-order valence-corrected chi connectivity index (χ0v) is 10.7. The summed E-state index contributed by atoms with van der Waals surface area (Å²) in [5.74, 6) is 0. The van der Waals surface area contributed by atoms with Crippen LogP contribution in [0, 0.1) is 10.1 Å². The predicted octanol–water partition coefficient (Wildman–Crippen LogP) is 3.54. The highest BCUT2D eigenvalue weighted by atomic mass is 32.1. The van der Waals surface area contributed by atoms with Gasteiger partial charge in [-0.2, -0.15) is 0 Å². The highest BCUT2D eigenvalue weighted by molar-refractivity contribution is 7.18. The second kappa shape index (κ2) is 5.59. The molecular formula is C12H13N3O2S. The summed E-state index contributed by atoms with van der Waals surface area (Å²) in [6.07, 6.45) is 2.83. The van der Waals surface area contributed by atoms with E-state index in [1.807, 2.05) is 0 Å². The number of nitro benzene ring substituents is 1. The third-order valence-corrected chi connectivity index (χ3v) is 3.40. The third-order valence-electron chi connectivity index (χ3n) is 2.39. The number of rotatable bonds is 5. The van der Waals surface area contributed by atoms with E-state index in [4.69, 9.17) is 0 Å². The molecule has 0 saturated carbocycles. The maximum absolute atomic E-state index is 10.6. The van der Waals surface area contributed by atoms with E-state index in [1.165, 1.54) is 12.1 Å². The van der Waals surface area contributed by atoms with Crippen molar-refractivity contribution in [2.75, 3.05) is 11.9 Å². The van der Waals surface area contributed by atoms with Crippen molar-refractivity contribution in [2.24, 2.45) is 0 Å². The van der Waals surface area contributed by atoms with Crippen LogP contribution in [0.5, 0.6) is 0 Å². The lowest BCUT2D eigenvalue weighted by molar-refractivity contribution is -0.384. The van der Waals surface area contributed by atoms with Crippen LogP contribution >= 0.6 is 11.3 Å². The summed E-state index contributed by atoms with van der Waals surface area (Å²) in [4.78, 5) is 15.4. The fourth-order valence-corrected chi connectivity index (χ4v) is 2.32. The second-order valence-corrected chi connectivity index (χ2v) is 4.79. The molecule has 5 nitrogen and oxygen atoms in total. The minimum absolute atomic E-state index is 0.104. The molecule has 0 unspecified atom stereocenters. The van der Waals surface area contributed by atoms with Gasteiger partial charge >= 0.3 is 0 Å². The van der Waals surface area contributed by atoms with Crippen LogP contribution in [-0.4, -0.2) is 16.5 Å². The highest BCUT2D eigenvalue weighted by Gasteiger charge is 2.07. The van der Waals surface area contributed by atoms with Gasteiger partial charge < -0.3 is 5.32 Å². The molecule has 1 N–H and O–H groups in total. The van der Waals surface area contributed by atoms with Gasteiger partial charge in [-0.05, 0) is 24.1 Å². The lowest BCUT2D eigenvalue weighted by Gasteiger charge is -1.97. The molecule has 1 aromatic heterocycles. The number of thiazole rings is 1. The Morgan fingerprint density at radius 2 is 2.11 bits per heavy atom. The summed E-state index contributed by atoms with van der Waals surface area (Å²) >= 11 is 1.55. The van der Waals surface area contributed by atoms with Crippen molar-refractivity contribution in [3.63, 3.8) is 0 Å².